The van der Waals surface area contributed by atoms with Gasteiger partial charge < -0.3 is 9.64 Å². The molecule has 47 heavy (non-hydrogen) atoms. The number of nitrogens with zero attached hydrogens (tertiary/aromatic N) is 3. The number of allylic oxidation sites excluding steroid dienone is 2. The number of piperidine rings is 1. The zero-order valence-electron chi connectivity index (χ0n) is 26.1. The monoisotopic (exact) mass is 649 g/mol. The third kappa shape index (κ3) is 7.38. The Labute approximate surface area is 271 Å². The van der Waals surface area contributed by atoms with Gasteiger partial charge in [-0.3, -0.25) is 9.69 Å². The summed E-state index contributed by atoms with van der Waals surface area (Å²) in [5, 5.41) is 0. The summed E-state index contributed by atoms with van der Waals surface area (Å²) in [6.07, 6.45) is 0.347. The molecule has 2 heterocycles. The van der Waals surface area contributed by atoms with Gasteiger partial charge >= 0.3 is 6.18 Å². The number of rotatable bonds is 11. The molecule has 3 aromatic rings. The minimum absolute atomic E-state index is 0.179. The van der Waals surface area contributed by atoms with Crippen LogP contribution in [0, 0.1) is 5.82 Å². The van der Waals surface area contributed by atoms with E-state index >= 15 is 0 Å². The fraction of sp³-hybridized carbons (Fsp3) is 0.297. The number of ether oxygens (including phenoxy) is 1. The number of carbonyl (C=O) groups excluding carboxylic acids is 1. The van der Waals surface area contributed by atoms with Crippen molar-refractivity contribution in [2.24, 2.45) is 4.99 Å². The van der Waals surface area contributed by atoms with Gasteiger partial charge in [0.15, 0.2) is 5.54 Å². The van der Waals surface area contributed by atoms with Crippen LogP contribution in [0.25, 0.3) is 0 Å². The van der Waals surface area contributed by atoms with E-state index in [1.54, 1.807) is 48.4 Å². The Bertz CT molecular complexity index is 1660. The fourth-order valence-electron chi connectivity index (χ4n) is 6.20. The van der Waals surface area contributed by atoms with E-state index in [4.69, 9.17) is 9.73 Å². The Hall–Kier alpha value is -4.57. The molecule has 10 heteroatoms. The highest BCUT2D eigenvalue weighted by atomic mass is 19.4. The van der Waals surface area contributed by atoms with E-state index in [0.717, 1.165) is 49.7 Å². The molecule has 1 atom stereocenters. The highest BCUT2D eigenvalue weighted by Gasteiger charge is 2.51. The molecule has 1 saturated heterocycles. The van der Waals surface area contributed by atoms with Crippen LogP contribution in [0.4, 0.5) is 22.0 Å². The molecule has 2 aliphatic heterocycles. The Morgan fingerprint density at radius 3 is 2.17 bits per heavy atom. The maximum absolute atomic E-state index is 14.5. The number of amidine groups is 1. The van der Waals surface area contributed by atoms with E-state index in [1.165, 1.54) is 30.3 Å². The Morgan fingerprint density at radius 1 is 0.957 bits per heavy atom. The van der Waals surface area contributed by atoms with Gasteiger partial charge in [-0.05, 0) is 116 Å². The Kier molecular flexibility index (Phi) is 10.1. The molecule has 0 N–H and O–H groups in total. The number of hydrogen-bond acceptors (Lipinski definition) is 4. The Morgan fingerprint density at radius 2 is 1.60 bits per heavy atom. The highest BCUT2D eigenvalue weighted by Crippen LogP contribution is 2.42. The van der Waals surface area contributed by atoms with Crippen molar-refractivity contribution < 1.29 is 31.5 Å². The molecule has 1 fully saturated rings. The van der Waals surface area contributed by atoms with Gasteiger partial charge in [0.05, 0.1) is 12.7 Å². The first-order valence-electron chi connectivity index (χ1n) is 15.4. The number of amides is 1. The van der Waals surface area contributed by atoms with Gasteiger partial charge in [0.2, 0.25) is 0 Å². The van der Waals surface area contributed by atoms with Crippen LogP contribution in [-0.2, 0) is 16.5 Å². The SMILES string of the molecule is C=C(F)/C=C\C(=C)C1(c2ccc(F)cc2)N=C(c2ccc(OC)cc2)N(CCCN2CCC(c3ccc(C(F)(F)F)cc3)CC2)C1=O. The van der Waals surface area contributed by atoms with E-state index in [9.17, 15) is 26.7 Å². The number of carbonyl (C=O) groups is 1. The summed E-state index contributed by atoms with van der Waals surface area (Å²) in [6.45, 7) is 9.90. The van der Waals surface area contributed by atoms with E-state index in [0.29, 0.717) is 42.2 Å². The number of methoxy groups -OCH3 is 1. The minimum atomic E-state index is -4.36. The standard InChI is InChI=1S/C37H36F5N3O2/c1-25(5-6-26(2)38)36(30-13-15-32(39)16-14-30)35(46)45(34(43-36)29-9-17-33(47-3)18-10-29)22-4-21-44-23-19-28(20-24-44)27-7-11-31(12-8-27)37(40,41)42/h5-18,28H,1-2,4,19-24H2,3H3/b6-5-. The van der Waals surface area contributed by atoms with Crippen molar-refractivity contribution >= 4 is 11.7 Å². The lowest BCUT2D eigenvalue weighted by Gasteiger charge is -2.33. The molecule has 2 aliphatic rings. The van der Waals surface area contributed by atoms with Crippen molar-refractivity contribution in [2.75, 3.05) is 33.3 Å². The van der Waals surface area contributed by atoms with E-state index in [2.05, 4.69) is 18.1 Å². The predicted octanol–water partition coefficient (Wildman–Crippen LogP) is 8.20. The quantitative estimate of drug-likeness (QED) is 0.155. The molecule has 0 bridgehead atoms. The van der Waals surface area contributed by atoms with Crippen LogP contribution in [-0.4, -0.2) is 54.8 Å². The zero-order valence-corrected chi connectivity index (χ0v) is 26.1. The average Bonchev–Trinajstić information content (AvgIpc) is 3.36. The molecule has 1 unspecified atom stereocenters. The first-order valence-corrected chi connectivity index (χ1v) is 15.4. The number of likely N-dealkylation sites (tertiary alicyclic amines) is 1. The lowest BCUT2D eigenvalue weighted by Crippen LogP contribution is -2.43. The lowest BCUT2D eigenvalue weighted by molar-refractivity contribution is -0.137. The first-order chi connectivity index (χ1) is 22.4. The number of alkyl halides is 3. The summed E-state index contributed by atoms with van der Waals surface area (Å²) in [4.78, 5) is 23.3. The smallest absolute Gasteiger partial charge is 0.416 e. The molecule has 1 amide bonds. The van der Waals surface area contributed by atoms with Crippen molar-refractivity contribution in [2.45, 2.75) is 36.9 Å². The van der Waals surface area contributed by atoms with Crippen molar-refractivity contribution in [3.63, 3.8) is 0 Å². The third-order valence-corrected chi connectivity index (χ3v) is 8.78. The van der Waals surface area contributed by atoms with Gasteiger partial charge in [0.1, 0.15) is 23.2 Å². The third-order valence-electron chi connectivity index (χ3n) is 8.78. The summed E-state index contributed by atoms with van der Waals surface area (Å²) in [5.41, 5.74) is -0.151. The van der Waals surface area contributed by atoms with Crippen LogP contribution in [0.3, 0.4) is 0 Å². The molecule has 0 spiro atoms. The van der Waals surface area contributed by atoms with E-state index in [1.807, 2.05) is 0 Å². The van der Waals surface area contributed by atoms with E-state index in [-0.39, 0.29) is 11.5 Å². The summed E-state index contributed by atoms with van der Waals surface area (Å²) < 4.78 is 71.9. The van der Waals surface area contributed by atoms with Gasteiger partial charge in [-0.2, -0.15) is 13.2 Å². The van der Waals surface area contributed by atoms with Crippen molar-refractivity contribution in [3.05, 3.63) is 138 Å². The van der Waals surface area contributed by atoms with Crippen LogP contribution < -0.4 is 4.74 Å². The molecular weight excluding hydrogens is 613 g/mol. The average molecular weight is 650 g/mol. The van der Waals surface area contributed by atoms with Crippen LogP contribution in [0.1, 0.15) is 47.4 Å². The predicted molar refractivity (Wildman–Crippen MR) is 172 cm³/mol. The van der Waals surface area contributed by atoms with Crippen LogP contribution in [0.15, 0.2) is 114 Å². The maximum atomic E-state index is 14.5. The Balaban J connectivity index is 1.34. The maximum Gasteiger partial charge on any atom is 0.416 e. The van der Waals surface area contributed by atoms with Crippen molar-refractivity contribution in [1.29, 1.82) is 0 Å². The largest absolute Gasteiger partial charge is 0.497 e. The summed E-state index contributed by atoms with van der Waals surface area (Å²) in [7, 11) is 1.55. The second-order valence-corrected chi connectivity index (χ2v) is 11.7. The summed E-state index contributed by atoms with van der Waals surface area (Å²) in [6, 6.07) is 18.0. The highest BCUT2D eigenvalue weighted by molar-refractivity contribution is 6.16. The molecule has 246 valence electrons. The second kappa shape index (κ2) is 14.0. The van der Waals surface area contributed by atoms with Gasteiger partial charge in [-0.25, -0.2) is 13.8 Å². The van der Waals surface area contributed by atoms with Gasteiger partial charge in [0.25, 0.3) is 5.91 Å². The molecule has 0 radical (unpaired) electrons. The van der Waals surface area contributed by atoms with Crippen LogP contribution in [0.2, 0.25) is 0 Å². The normalized spacial score (nSPS) is 19.3. The van der Waals surface area contributed by atoms with Gasteiger partial charge in [-0.1, -0.05) is 43.5 Å². The number of aliphatic imine (C=N–C) groups is 1. The van der Waals surface area contributed by atoms with E-state index < -0.39 is 34.8 Å². The fourth-order valence-corrected chi connectivity index (χ4v) is 6.20. The first kappa shape index (κ1) is 33.8. The molecule has 0 aliphatic carbocycles. The molecule has 0 saturated carbocycles. The van der Waals surface area contributed by atoms with Crippen LogP contribution in [0.5, 0.6) is 5.75 Å². The van der Waals surface area contributed by atoms with Crippen molar-refractivity contribution in [1.82, 2.24) is 9.80 Å². The molecule has 0 aromatic heterocycles. The van der Waals surface area contributed by atoms with Gasteiger partial charge in [-0.15, -0.1) is 0 Å². The molecule has 5 rings (SSSR count). The summed E-state index contributed by atoms with van der Waals surface area (Å²) >= 11 is 0. The van der Waals surface area contributed by atoms with Crippen LogP contribution >= 0.6 is 0 Å². The summed E-state index contributed by atoms with van der Waals surface area (Å²) in [5.74, 6) is -0.386. The topological polar surface area (TPSA) is 45.1 Å². The lowest BCUT2D eigenvalue weighted by atomic mass is 9.82. The molecular formula is C37H36F5N3O2. The second-order valence-electron chi connectivity index (χ2n) is 11.7. The number of hydrogen-bond donors (Lipinski definition) is 0. The number of halogens is 5. The minimum Gasteiger partial charge on any atom is -0.497 e. The zero-order chi connectivity index (χ0) is 33.8. The van der Waals surface area contributed by atoms with Gasteiger partial charge in [0, 0.05) is 12.1 Å². The van der Waals surface area contributed by atoms with Crippen molar-refractivity contribution in [3.8, 4) is 5.75 Å². The molecule has 3 aromatic carbocycles. The molecule has 5 nitrogen and oxygen atoms in total. The number of benzene rings is 3.